The number of rotatable bonds is 10. The summed E-state index contributed by atoms with van der Waals surface area (Å²) in [6, 6.07) is 10.5. The number of carbonyl (C=O) groups is 6. The second-order valence-corrected chi connectivity index (χ2v) is 14.0. The van der Waals surface area contributed by atoms with Crippen molar-refractivity contribution in [2.45, 2.75) is 62.0 Å². The van der Waals surface area contributed by atoms with Crippen molar-refractivity contribution in [1.82, 2.24) is 25.8 Å². The van der Waals surface area contributed by atoms with E-state index in [4.69, 9.17) is 0 Å². The van der Waals surface area contributed by atoms with E-state index < -0.39 is 69.4 Å². The number of aromatic hydroxyl groups is 1. The van der Waals surface area contributed by atoms with Gasteiger partial charge in [-0.15, -0.1) is 11.8 Å². The number of amides is 5. The third kappa shape index (κ3) is 7.13. The second-order valence-electron chi connectivity index (χ2n) is 12.2. The van der Waals surface area contributed by atoms with Crippen molar-refractivity contribution in [3.63, 3.8) is 0 Å². The number of anilines is 1. The first-order valence-corrected chi connectivity index (χ1v) is 16.0. The number of carboxylic acid groups (broad SMARTS) is 1. The van der Waals surface area contributed by atoms with Crippen molar-refractivity contribution in [2.24, 2.45) is 0 Å². The first-order chi connectivity index (χ1) is 23.1. The molecule has 49 heavy (non-hydrogen) atoms. The van der Waals surface area contributed by atoms with Gasteiger partial charge in [0, 0.05) is 23.1 Å². The minimum Gasteiger partial charge on any atom is -0.508 e. The summed E-state index contributed by atoms with van der Waals surface area (Å²) in [5.74, 6) is -4.24. The van der Waals surface area contributed by atoms with E-state index in [9.17, 15) is 43.8 Å². The van der Waals surface area contributed by atoms with Gasteiger partial charge in [0.25, 0.3) is 11.5 Å². The van der Waals surface area contributed by atoms with E-state index in [0.717, 1.165) is 0 Å². The summed E-state index contributed by atoms with van der Waals surface area (Å²) in [5.41, 5.74) is 0.576. The summed E-state index contributed by atoms with van der Waals surface area (Å²) < 4.78 is -0.811. The lowest BCUT2D eigenvalue weighted by atomic mass is 9.95. The van der Waals surface area contributed by atoms with Crippen LogP contribution in [0.3, 0.4) is 0 Å². The summed E-state index contributed by atoms with van der Waals surface area (Å²) >= 11 is 1.25. The van der Waals surface area contributed by atoms with Crippen molar-refractivity contribution in [1.29, 1.82) is 0 Å². The molecule has 2 aliphatic heterocycles. The summed E-state index contributed by atoms with van der Waals surface area (Å²) in [6.07, 6.45) is 0. The number of aliphatic carboxylic acids is 1. The normalized spacial score (nSPS) is 20.2. The van der Waals surface area contributed by atoms with E-state index in [2.05, 4.69) is 26.3 Å². The Morgan fingerprint density at radius 2 is 1.57 bits per heavy atom. The number of carbonyl (C=O) groups excluding carboxylic acids is 5. The van der Waals surface area contributed by atoms with Crippen molar-refractivity contribution < 1.29 is 39.0 Å². The standard InChI is InChI=1S/C33H34N6O9S/c1-15(34-16(2)40)26(42)35-19-9-5-17(6-10-19)22-14-13-21(27(43)36-22)28(44)37-23(18-7-11-20(41)12-8-18)29(45)38-24-30(46)39-25(32(47)48)33(3,4)49-31(24)39/h5-15,23-25,31,41H,1-4H3,(H,34,40)(H,35,42)(H,36,43)(H,37,44)(H,38,45)(H,47,48)/t15-,23+,24?,25-,31+/m0/s1. The third-order valence-corrected chi connectivity index (χ3v) is 9.74. The highest BCUT2D eigenvalue weighted by Crippen LogP contribution is 2.50. The number of hydrogen-bond acceptors (Lipinski definition) is 9. The number of benzene rings is 2. The number of phenolic OH excluding ortho intramolecular Hbond substituents is 1. The molecule has 1 aromatic heterocycles. The topological polar surface area (TPSA) is 227 Å². The minimum absolute atomic E-state index is 0.0923. The fourth-order valence-electron chi connectivity index (χ4n) is 5.73. The van der Waals surface area contributed by atoms with E-state index >= 15 is 0 Å². The van der Waals surface area contributed by atoms with Gasteiger partial charge in [-0.05, 0) is 68.3 Å². The Balaban J connectivity index is 1.30. The molecule has 2 saturated heterocycles. The zero-order valence-corrected chi connectivity index (χ0v) is 27.6. The fourth-order valence-corrected chi connectivity index (χ4v) is 7.36. The van der Waals surface area contributed by atoms with Gasteiger partial charge in [-0.25, -0.2) is 4.79 Å². The summed E-state index contributed by atoms with van der Waals surface area (Å²) in [6.45, 7) is 6.26. The first-order valence-electron chi connectivity index (χ1n) is 15.1. The number of pyridine rings is 1. The van der Waals surface area contributed by atoms with Gasteiger partial charge in [0.2, 0.25) is 23.6 Å². The summed E-state index contributed by atoms with van der Waals surface area (Å²) in [4.78, 5) is 92.3. The highest BCUT2D eigenvalue weighted by molar-refractivity contribution is 8.01. The van der Waals surface area contributed by atoms with Crippen LogP contribution in [0.5, 0.6) is 5.75 Å². The molecule has 0 radical (unpaired) electrons. The number of thioether (sulfide) groups is 1. The Morgan fingerprint density at radius 1 is 0.918 bits per heavy atom. The van der Waals surface area contributed by atoms with E-state index in [1.165, 1.54) is 60.0 Å². The SMILES string of the molecule is CC(=O)N[C@@H](C)C(=O)Nc1ccc(-c2ccc(C(=O)N[C@@H](C(=O)NC3C(=O)N4[C@@H]3SC(C)(C)[C@@H]4C(=O)O)c3ccc(O)cc3)c(=O)[nH]2)cc1. The highest BCUT2D eigenvalue weighted by Gasteiger charge is 2.64. The quantitative estimate of drug-likeness (QED) is 0.151. The van der Waals surface area contributed by atoms with Crippen LogP contribution in [0, 0.1) is 0 Å². The fraction of sp³-hybridized carbons (Fsp3) is 0.303. The highest BCUT2D eigenvalue weighted by atomic mass is 32.2. The monoisotopic (exact) mass is 690 g/mol. The number of hydrogen-bond donors (Lipinski definition) is 7. The van der Waals surface area contributed by atoms with E-state index in [1.807, 2.05) is 0 Å². The Hall–Kier alpha value is -5.64. The Kier molecular flexibility index (Phi) is 9.53. The molecule has 5 atom stereocenters. The zero-order valence-electron chi connectivity index (χ0n) is 26.8. The number of β-lactam (4-membered cyclic amide) rings is 1. The van der Waals surface area contributed by atoms with Gasteiger partial charge < -0.3 is 41.4 Å². The molecule has 3 heterocycles. The van der Waals surface area contributed by atoms with E-state index in [0.29, 0.717) is 16.9 Å². The van der Waals surface area contributed by atoms with Crippen molar-refractivity contribution in [3.8, 4) is 17.0 Å². The Morgan fingerprint density at radius 3 is 2.16 bits per heavy atom. The molecule has 2 fully saturated rings. The van der Waals surface area contributed by atoms with Crippen LogP contribution >= 0.6 is 11.8 Å². The minimum atomic E-state index is -1.39. The maximum absolute atomic E-state index is 13.6. The second kappa shape index (κ2) is 13.5. The lowest BCUT2D eigenvalue weighted by molar-refractivity contribution is -0.161. The maximum Gasteiger partial charge on any atom is 0.327 e. The van der Waals surface area contributed by atoms with Crippen molar-refractivity contribution >= 4 is 53.0 Å². The molecule has 0 spiro atoms. The van der Waals surface area contributed by atoms with Crippen LogP contribution in [0.15, 0.2) is 65.5 Å². The number of H-pyrrole nitrogens is 1. The summed E-state index contributed by atoms with van der Waals surface area (Å²) in [7, 11) is 0. The molecule has 5 amide bonds. The van der Waals surface area contributed by atoms with Crippen LogP contribution in [0.25, 0.3) is 11.3 Å². The van der Waals surface area contributed by atoms with Gasteiger partial charge in [0.15, 0.2) is 0 Å². The van der Waals surface area contributed by atoms with Crippen LogP contribution in [-0.4, -0.2) is 83.8 Å². The third-order valence-electron chi connectivity index (χ3n) is 8.17. The Labute approximate surface area is 283 Å². The number of carboxylic acids is 1. The number of phenols is 1. The predicted octanol–water partition coefficient (Wildman–Crippen LogP) is 1.31. The van der Waals surface area contributed by atoms with Gasteiger partial charge in [-0.1, -0.05) is 24.3 Å². The molecule has 2 aromatic carbocycles. The van der Waals surface area contributed by atoms with Crippen LogP contribution in [0.4, 0.5) is 5.69 Å². The molecule has 15 nitrogen and oxygen atoms in total. The van der Waals surface area contributed by atoms with Crippen LogP contribution < -0.4 is 26.8 Å². The molecule has 256 valence electrons. The molecule has 16 heteroatoms. The van der Waals surface area contributed by atoms with Crippen LogP contribution in [0.1, 0.15) is 49.7 Å². The molecule has 1 unspecified atom stereocenters. The van der Waals surface area contributed by atoms with Crippen LogP contribution in [-0.2, 0) is 24.0 Å². The van der Waals surface area contributed by atoms with Crippen LogP contribution in [0.2, 0.25) is 0 Å². The van der Waals surface area contributed by atoms with E-state index in [-0.39, 0.29) is 22.8 Å². The maximum atomic E-state index is 13.6. The molecule has 0 aliphatic carbocycles. The molecule has 3 aromatic rings. The zero-order chi connectivity index (χ0) is 35.8. The van der Waals surface area contributed by atoms with Crippen molar-refractivity contribution in [2.75, 3.05) is 5.32 Å². The van der Waals surface area contributed by atoms with Crippen molar-refractivity contribution in [3.05, 3.63) is 82.1 Å². The molecule has 7 N–H and O–H groups in total. The molecular formula is C33H34N6O9S. The van der Waals surface area contributed by atoms with Gasteiger partial charge in [0.1, 0.15) is 40.9 Å². The molecule has 2 aliphatic rings. The largest absolute Gasteiger partial charge is 0.508 e. The first kappa shape index (κ1) is 34.7. The lowest BCUT2D eigenvalue weighted by Gasteiger charge is -2.44. The summed E-state index contributed by atoms with van der Waals surface area (Å²) in [5, 5.41) is 29.2. The number of aromatic nitrogens is 1. The van der Waals surface area contributed by atoms with Gasteiger partial charge in [-0.3, -0.25) is 28.8 Å². The molecule has 0 saturated carbocycles. The number of nitrogens with one attached hydrogen (secondary N) is 5. The average molecular weight is 691 g/mol. The van der Waals surface area contributed by atoms with E-state index in [1.54, 1.807) is 45.0 Å². The predicted molar refractivity (Wildman–Crippen MR) is 178 cm³/mol. The molecule has 5 rings (SSSR count). The smallest absolute Gasteiger partial charge is 0.327 e. The number of nitrogens with zero attached hydrogens (tertiary/aromatic N) is 1. The number of aromatic amines is 1. The van der Waals surface area contributed by atoms with Gasteiger partial charge >= 0.3 is 5.97 Å². The molecular weight excluding hydrogens is 656 g/mol. The Bertz CT molecular complexity index is 1890. The van der Waals surface area contributed by atoms with Gasteiger partial charge in [0.05, 0.1) is 0 Å². The molecule has 0 bridgehead atoms. The lowest BCUT2D eigenvalue weighted by Crippen LogP contribution is -2.71. The number of fused-ring (bicyclic) bond motifs is 1. The average Bonchev–Trinajstić information content (AvgIpc) is 3.30. The van der Waals surface area contributed by atoms with Gasteiger partial charge in [-0.2, -0.15) is 0 Å².